The van der Waals surface area contributed by atoms with E-state index in [0.29, 0.717) is 0 Å². The molecule has 0 aliphatic heterocycles. The highest BCUT2D eigenvalue weighted by atomic mass is 32.1. The first-order valence-electron chi connectivity index (χ1n) is 3.89. The van der Waals surface area contributed by atoms with Crippen LogP contribution in [0.2, 0.25) is 6.32 Å². The summed E-state index contributed by atoms with van der Waals surface area (Å²) < 4.78 is 0. The van der Waals surface area contributed by atoms with Crippen molar-refractivity contribution in [3.8, 4) is 0 Å². The molecule has 0 spiro atoms. The maximum Gasteiger partial charge on any atom is 0.0776 e. The Morgan fingerprint density at radius 3 is 2.10 bits per heavy atom. The minimum atomic E-state index is 1.34. The molecule has 1 heterocycles. The van der Waals surface area contributed by atoms with Gasteiger partial charge in [0.1, 0.15) is 0 Å². The molecule has 0 amide bonds. The molecule has 4 heteroatoms. The lowest BCUT2D eigenvalue weighted by Gasteiger charge is -1.72. The second-order valence-corrected chi connectivity index (χ2v) is 2.96. The highest BCUT2D eigenvalue weighted by molar-refractivity contribution is 7.23. The van der Waals surface area contributed by atoms with E-state index in [4.69, 9.17) is 0 Å². The fourth-order valence-electron chi connectivity index (χ4n) is 0.580. The molecule has 10 heavy (non-hydrogen) atoms. The zero-order valence-electron chi connectivity index (χ0n) is 6.84. The smallest absolute Gasteiger partial charge is 0.0776 e. The molecule has 0 bridgehead atoms. The van der Waals surface area contributed by atoms with Crippen molar-refractivity contribution < 1.29 is 0 Å². The van der Waals surface area contributed by atoms with Gasteiger partial charge < -0.3 is 0 Å². The lowest BCUT2D eigenvalue weighted by Crippen LogP contribution is -1.98. The molecule has 0 N–H and O–H groups in total. The second-order valence-electron chi connectivity index (χ2n) is 2.15. The van der Waals surface area contributed by atoms with Gasteiger partial charge in [-0.25, -0.2) is 0 Å². The standard InChI is InChI=1S/C4H4S.C2H9B3/c1-2-4-5-3-1;1-2-4-5-3/h1-4H;4-5H,2-3H2,1H3. The van der Waals surface area contributed by atoms with Gasteiger partial charge in [0.25, 0.3) is 0 Å². The molecule has 0 unspecified atom stereocenters. The van der Waals surface area contributed by atoms with Crippen LogP contribution >= 0.6 is 11.3 Å². The lowest BCUT2D eigenvalue weighted by molar-refractivity contribution is 1.47. The van der Waals surface area contributed by atoms with E-state index in [-0.39, 0.29) is 0 Å². The third kappa shape index (κ3) is 7.89. The Kier molecular flexibility index (Phi) is 8.80. The zero-order chi connectivity index (χ0) is 7.66. The van der Waals surface area contributed by atoms with Crippen LogP contribution in [0.25, 0.3) is 0 Å². The first-order chi connectivity index (χ1) is 4.91. The van der Waals surface area contributed by atoms with Crippen molar-refractivity contribution in [2.45, 2.75) is 13.2 Å². The van der Waals surface area contributed by atoms with Gasteiger partial charge in [0.15, 0.2) is 0 Å². The molecular weight excluding hydrogens is 137 g/mol. The van der Waals surface area contributed by atoms with Crippen LogP contribution in [-0.4, -0.2) is 22.0 Å². The van der Waals surface area contributed by atoms with Crippen molar-refractivity contribution in [3.05, 3.63) is 22.9 Å². The average Bonchev–Trinajstić information content (AvgIpc) is 2.44. The van der Waals surface area contributed by atoms with Crippen molar-refractivity contribution in [1.82, 2.24) is 0 Å². The van der Waals surface area contributed by atoms with E-state index in [1.807, 2.05) is 22.9 Å². The van der Waals surface area contributed by atoms with Gasteiger partial charge in [0.2, 0.25) is 0 Å². The van der Waals surface area contributed by atoms with Crippen molar-refractivity contribution in [2.75, 3.05) is 0 Å². The summed E-state index contributed by atoms with van der Waals surface area (Å²) in [6.07, 6.45) is 1.34. The van der Waals surface area contributed by atoms with E-state index in [1.165, 1.54) is 20.6 Å². The van der Waals surface area contributed by atoms with Gasteiger partial charge in [-0.2, -0.15) is 11.3 Å². The summed E-state index contributed by atoms with van der Waals surface area (Å²) in [6.45, 7) is 2.21. The van der Waals surface area contributed by atoms with Gasteiger partial charge in [0.05, 0.1) is 22.0 Å². The molecule has 0 nitrogen and oxygen atoms in total. The van der Waals surface area contributed by atoms with Crippen LogP contribution in [0.1, 0.15) is 6.92 Å². The van der Waals surface area contributed by atoms with Crippen molar-refractivity contribution in [1.29, 1.82) is 0 Å². The normalized spacial score (nSPS) is 7.30. The third-order valence-corrected chi connectivity index (χ3v) is 1.76. The van der Waals surface area contributed by atoms with Crippen LogP contribution in [0.3, 0.4) is 0 Å². The number of thiophene rings is 1. The summed E-state index contributed by atoms with van der Waals surface area (Å²) in [5.41, 5.74) is 0. The first-order valence-corrected chi connectivity index (χ1v) is 4.83. The quantitative estimate of drug-likeness (QED) is 0.538. The van der Waals surface area contributed by atoms with Gasteiger partial charge in [-0.1, -0.05) is 25.4 Å². The second kappa shape index (κ2) is 8.89. The van der Waals surface area contributed by atoms with Crippen LogP contribution < -0.4 is 0 Å². The molecule has 0 fully saturated rings. The minimum Gasteiger partial charge on any atom is -0.152 e. The zero-order valence-corrected chi connectivity index (χ0v) is 7.66. The first kappa shape index (κ1) is 9.89. The van der Waals surface area contributed by atoms with E-state index >= 15 is 0 Å². The molecule has 52 valence electrons. The largest absolute Gasteiger partial charge is 0.152 e. The van der Waals surface area contributed by atoms with E-state index in [0.717, 1.165) is 0 Å². The van der Waals surface area contributed by atoms with Crippen LogP contribution in [-0.2, 0) is 0 Å². The Hall–Kier alpha value is -0.105. The molecule has 1 aromatic rings. The lowest BCUT2D eigenvalue weighted by atomic mass is 9.27. The SMILES string of the molecule is BBBCC.c1ccsc1. The van der Waals surface area contributed by atoms with Gasteiger partial charge in [0, 0.05) is 0 Å². The molecule has 0 aromatic carbocycles. The van der Waals surface area contributed by atoms with Gasteiger partial charge in [-0.05, 0) is 10.8 Å². The van der Waals surface area contributed by atoms with Gasteiger partial charge in [-0.3, -0.25) is 0 Å². The Morgan fingerprint density at radius 2 is 2.00 bits per heavy atom. The molecule has 0 saturated carbocycles. The van der Waals surface area contributed by atoms with E-state index in [2.05, 4.69) is 14.7 Å². The van der Waals surface area contributed by atoms with E-state index in [9.17, 15) is 0 Å². The van der Waals surface area contributed by atoms with E-state index in [1.54, 1.807) is 11.3 Å². The van der Waals surface area contributed by atoms with Crippen molar-refractivity contribution in [2.24, 2.45) is 0 Å². The Bertz CT molecular complexity index is 99.3. The molecule has 0 saturated heterocycles. The molecule has 0 atom stereocenters. The maximum atomic E-state index is 2.21. The topological polar surface area (TPSA) is 0 Å². The predicted octanol–water partition coefficient (Wildman–Crippen LogP) is 0.509. The molecule has 0 aliphatic carbocycles. The number of hydrogen-bond donors (Lipinski definition) is 0. The predicted molar refractivity (Wildman–Crippen MR) is 57.6 cm³/mol. The van der Waals surface area contributed by atoms with Crippen molar-refractivity contribution in [3.63, 3.8) is 0 Å². The maximum absolute atomic E-state index is 2.21. The molecule has 1 aromatic heterocycles. The van der Waals surface area contributed by atoms with Crippen LogP contribution in [0, 0.1) is 0 Å². The van der Waals surface area contributed by atoms with Gasteiger partial charge >= 0.3 is 0 Å². The summed E-state index contributed by atoms with van der Waals surface area (Å²) in [5, 5.41) is 4.08. The summed E-state index contributed by atoms with van der Waals surface area (Å²) in [6, 6.07) is 4.04. The monoisotopic (exact) mass is 150 g/mol. The highest BCUT2D eigenvalue weighted by Crippen LogP contribution is 1.91. The number of hydrogen-bond acceptors (Lipinski definition) is 1. The fraction of sp³-hybridized carbons (Fsp3) is 0.333. The van der Waals surface area contributed by atoms with Gasteiger partial charge in [-0.15, -0.1) is 0 Å². The molecule has 1 rings (SSSR count). The molecular formula is C6H13B3S. The summed E-state index contributed by atoms with van der Waals surface area (Å²) in [5.74, 6) is 0. The average molecular weight is 150 g/mol. The summed E-state index contributed by atoms with van der Waals surface area (Å²) >= 11 is 1.71. The van der Waals surface area contributed by atoms with E-state index < -0.39 is 0 Å². The Morgan fingerprint density at radius 1 is 1.40 bits per heavy atom. The Labute approximate surface area is 69.9 Å². The summed E-state index contributed by atoms with van der Waals surface area (Å²) in [7, 11) is 4.94. The van der Waals surface area contributed by atoms with Crippen LogP contribution in [0.4, 0.5) is 0 Å². The minimum absolute atomic E-state index is 1.34. The molecule has 0 radical (unpaired) electrons. The van der Waals surface area contributed by atoms with Crippen molar-refractivity contribution >= 4 is 33.3 Å². The number of rotatable bonds is 2. The summed E-state index contributed by atoms with van der Waals surface area (Å²) in [4.78, 5) is 0. The van der Waals surface area contributed by atoms with Crippen LogP contribution in [0.5, 0.6) is 0 Å². The fourth-order valence-corrected chi connectivity index (χ4v) is 1.03. The highest BCUT2D eigenvalue weighted by Gasteiger charge is 1.75. The molecule has 0 aliphatic rings. The third-order valence-electron chi connectivity index (χ3n) is 1.13. The van der Waals surface area contributed by atoms with Crippen LogP contribution in [0.15, 0.2) is 22.9 Å². The Balaban J connectivity index is 0.000000162.